The van der Waals surface area contributed by atoms with Crippen molar-refractivity contribution in [2.24, 2.45) is 0 Å². The van der Waals surface area contributed by atoms with Gasteiger partial charge in [0.1, 0.15) is 10.7 Å². The number of nitrogens with one attached hydrogen (secondary N) is 1. The van der Waals surface area contributed by atoms with Crippen LogP contribution in [0.1, 0.15) is 27.2 Å². The van der Waals surface area contributed by atoms with Gasteiger partial charge in [0, 0.05) is 19.8 Å². The number of anilines is 1. The molecular weight excluding hydrogens is 278 g/mol. The first-order valence-electron chi connectivity index (χ1n) is 6.56. The molecule has 1 rings (SSSR count). The number of rotatable bonds is 7. The second-order valence-electron chi connectivity index (χ2n) is 5.22. The molecule has 114 valence electrons. The lowest BCUT2D eigenvalue weighted by Gasteiger charge is -2.33. The number of pyridine rings is 1. The number of hydrogen-bond donors (Lipinski definition) is 2. The molecule has 0 fully saturated rings. The SMILES string of the molecule is CCCNc1ncccc1S(=O)(=O)N(C)C(C)(C)CO. The Bertz CT molecular complexity index is 544. The summed E-state index contributed by atoms with van der Waals surface area (Å²) in [4.78, 5) is 4.22. The second-order valence-corrected chi connectivity index (χ2v) is 7.16. The van der Waals surface area contributed by atoms with Crippen molar-refractivity contribution in [2.75, 3.05) is 25.5 Å². The quantitative estimate of drug-likeness (QED) is 0.793. The Morgan fingerprint density at radius 3 is 2.65 bits per heavy atom. The predicted octanol–water partition coefficient (Wildman–Crippen LogP) is 1.29. The van der Waals surface area contributed by atoms with Crippen LogP contribution in [-0.2, 0) is 10.0 Å². The zero-order chi connectivity index (χ0) is 15.4. The van der Waals surface area contributed by atoms with Crippen molar-refractivity contribution in [3.8, 4) is 0 Å². The van der Waals surface area contributed by atoms with Crippen LogP contribution in [0, 0.1) is 0 Å². The average molecular weight is 301 g/mol. The maximum Gasteiger partial charge on any atom is 0.247 e. The van der Waals surface area contributed by atoms with Gasteiger partial charge in [0.2, 0.25) is 10.0 Å². The molecule has 0 aromatic carbocycles. The van der Waals surface area contributed by atoms with Crippen molar-refractivity contribution in [3.63, 3.8) is 0 Å². The van der Waals surface area contributed by atoms with Crippen LogP contribution < -0.4 is 5.32 Å². The summed E-state index contributed by atoms with van der Waals surface area (Å²) in [6, 6.07) is 3.11. The van der Waals surface area contributed by atoms with Gasteiger partial charge in [0.25, 0.3) is 0 Å². The Morgan fingerprint density at radius 2 is 2.10 bits per heavy atom. The fraction of sp³-hybridized carbons (Fsp3) is 0.615. The number of hydrogen-bond acceptors (Lipinski definition) is 5. The second kappa shape index (κ2) is 6.51. The van der Waals surface area contributed by atoms with Gasteiger partial charge in [-0.3, -0.25) is 0 Å². The highest BCUT2D eigenvalue weighted by Crippen LogP contribution is 2.26. The fourth-order valence-corrected chi connectivity index (χ4v) is 3.17. The summed E-state index contributed by atoms with van der Waals surface area (Å²) < 4.78 is 26.5. The van der Waals surface area contributed by atoms with Crippen molar-refractivity contribution in [1.29, 1.82) is 0 Å². The number of likely N-dealkylation sites (N-methyl/N-ethyl adjacent to an activating group) is 1. The molecule has 0 radical (unpaired) electrons. The van der Waals surface area contributed by atoms with Crippen LogP contribution in [0.25, 0.3) is 0 Å². The number of aliphatic hydroxyl groups excluding tert-OH is 1. The van der Waals surface area contributed by atoms with Crippen molar-refractivity contribution in [2.45, 2.75) is 37.6 Å². The van der Waals surface area contributed by atoms with E-state index in [-0.39, 0.29) is 11.5 Å². The lowest BCUT2D eigenvalue weighted by atomic mass is 10.1. The Hall–Kier alpha value is -1.18. The van der Waals surface area contributed by atoms with Crippen LogP contribution >= 0.6 is 0 Å². The number of sulfonamides is 1. The van der Waals surface area contributed by atoms with E-state index >= 15 is 0 Å². The van der Waals surface area contributed by atoms with Crippen LogP contribution in [-0.4, -0.2) is 48.6 Å². The number of aliphatic hydroxyl groups is 1. The molecule has 0 atom stereocenters. The molecule has 1 heterocycles. The summed E-state index contributed by atoms with van der Waals surface area (Å²) in [7, 11) is -2.26. The first-order chi connectivity index (χ1) is 9.27. The molecule has 0 unspecified atom stereocenters. The molecule has 0 aliphatic carbocycles. The minimum atomic E-state index is -3.72. The summed E-state index contributed by atoms with van der Waals surface area (Å²) in [6.45, 7) is 5.71. The highest BCUT2D eigenvalue weighted by atomic mass is 32.2. The van der Waals surface area contributed by atoms with Gasteiger partial charge in [0.05, 0.1) is 12.1 Å². The molecule has 7 heteroatoms. The monoisotopic (exact) mass is 301 g/mol. The topological polar surface area (TPSA) is 82.5 Å². The van der Waals surface area contributed by atoms with E-state index in [2.05, 4.69) is 10.3 Å². The third-order valence-electron chi connectivity index (χ3n) is 3.19. The van der Waals surface area contributed by atoms with E-state index in [1.165, 1.54) is 17.4 Å². The summed E-state index contributed by atoms with van der Waals surface area (Å²) in [5, 5.41) is 12.4. The molecule has 0 amide bonds. The summed E-state index contributed by atoms with van der Waals surface area (Å²) in [5.41, 5.74) is -0.878. The molecule has 20 heavy (non-hydrogen) atoms. The Morgan fingerprint density at radius 1 is 1.45 bits per heavy atom. The Labute approximate surface area is 120 Å². The molecule has 0 aliphatic heterocycles. The molecule has 0 saturated carbocycles. The van der Waals surface area contributed by atoms with Crippen LogP contribution in [0.2, 0.25) is 0 Å². The maximum atomic E-state index is 12.7. The summed E-state index contributed by atoms with van der Waals surface area (Å²) in [5.74, 6) is 0.343. The van der Waals surface area contributed by atoms with Crippen LogP contribution in [0.5, 0.6) is 0 Å². The Kier molecular flexibility index (Phi) is 5.50. The molecule has 0 bridgehead atoms. The lowest BCUT2D eigenvalue weighted by molar-refractivity contribution is 0.138. The van der Waals surface area contributed by atoms with Gasteiger partial charge in [-0.15, -0.1) is 0 Å². The Balaban J connectivity index is 3.22. The normalized spacial score (nSPS) is 12.7. The summed E-state index contributed by atoms with van der Waals surface area (Å²) >= 11 is 0. The van der Waals surface area contributed by atoms with Gasteiger partial charge in [-0.2, -0.15) is 4.31 Å². The van der Waals surface area contributed by atoms with Crippen molar-refractivity contribution in [1.82, 2.24) is 9.29 Å². The fourth-order valence-electron chi connectivity index (χ4n) is 1.55. The first-order valence-corrected chi connectivity index (χ1v) is 8.00. The van der Waals surface area contributed by atoms with Crippen molar-refractivity contribution >= 4 is 15.8 Å². The van der Waals surface area contributed by atoms with Crippen molar-refractivity contribution in [3.05, 3.63) is 18.3 Å². The van der Waals surface area contributed by atoms with E-state index in [0.29, 0.717) is 12.4 Å². The van der Waals surface area contributed by atoms with Gasteiger partial charge in [-0.1, -0.05) is 6.92 Å². The molecule has 1 aromatic rings. The highest BCUT2D eigenvalue weighted by molar-refractivity contribution is 7.89. The zero-order valence-corrected chi connectivity index (χ0v) is 13.2. The van der Waals surface area contributed by atoms with E-state index in [4.69, 9.17) is 0 Å². The minimum absolute atomic E-state index is 0.123. The maximum absolute atomic E-state index is 12.7. The summed E-state index contributed by atoms with van der Waals surface area (Å²) in [6.07, 6.45) is 2.42. The number of nitrogens with zero attached hydrogens (tertiary/aromatic N) is 2. The van der Waals surface area contributed by atoms with E-state index in [1.807, 2.05) is 6.92 Å². The standard InChI is InChI=1S/C13H23N3O3S/c1-5-8-14-12-11(7-6-9-15-12)20(18,19)16(4)13(2,3)10-17/h6-7,9,17H,5,8,10H2,1-4H3,(H,14,15). The minimum Gasteiger partial charge on any atom is -0.394 e. The van der Waals surface area contributed by atoms with Crippen LogP contribution in [0.4, 0.5) is 5.82 Å². The molecule has 6 nitrogen and oxygen atoms in total. The van der Waals surface area contributed by atoms with Gasteiger partial charge in [0.15, 0.2) is 0 Å². The molecular formula is C13H23N3O3S. The van der Waals surface area contributed by atoms with E-state index in [9.17, 15) is 13.5 Å². The highest BCUT2D eigenvalue weighted by Gasteiger charge is 2.35. The van der Waals surface area contributed by atoms with E-state index < -0.39 is 15.6 Å². The predicted molar refractivity (Wildman–Crippen MR) is 79.1 cm³/mol. The molecule has 1 aromatic heterocycles. The first kappa shape index (κ1) is 16.9. The molecule has 0 saturated heterocycles. The average Bonchev–Trinajstić information content (AvgIpc) is 2.44. The van der Waals surface area contributed by atoms with Gasteiger partial charge < -0.3 is 10.4 Å². The number of aromatic nitrogens is 1. The van der Waals surface area contributed by atoms with E-state index in [0.717, 1.165) is 6.42 Å². The van der Waals surface area contributed by atoms with Gasteiger partial charge in [-0.25, -0.2) is 13.4 Å². The smallest absolute Gasteiger partial charge is 0.247 e. The third kappa shape index (κ3) is 3.47. The van der Waals surface area contributed by atoms with Crippen LogP contribution in [0.3, 0.4) is 0 Å². The van der Waals surface area contributed by atoms with Crippen LogP contribution in [0.15, 0.2) is 23.2 Å². The van der Waals surface area contributed by atoms with Crippen molar-refractivity contribution < 1.29 is 13.5 Å². The largest absolute Gasteiger partial charge is 0.394 e. The van der Waals surface area contributed by atoms with Gasteiger partial charge in [-0.05, 0) is 32.4 Å². The lowest BCUT2D eigenvalue weighted by Crippen LogP contribution is -2.47. The van der Waals surface area contributed by atoms with E-state index in [1.54, 1.807) is 26.1 Å². The molecule has 2 N–H and O–H groups in total. The van der Waals surface area contributed by atoms with Gasteiger partial charge >= 0.3 is 0 Å². The zero-order valence-electron chi connectivity index (χ0n) is 12.4. The molecule has 0 aliphatic rings. The third-order valence-corrected chi connectivity index (χ3v) is 5.29. The molecule has 0 spiro atoms.